The van der Waals surface area contributed by atoms with Crippen LogP contribution >= 0.6 is 0 Å². The highest BCUT2D eigenvalue weighted by atomic mass is 16.5. The molecule has 114 valence electrons. The van der Waals surface area contributed by atoms with Crippen molar-refractivity contribution in [1.82, 2.24) is 10.6 Å². The summed E-state index contributed by atoms with van der Waals surface area (Å²) in [4.78, 5) is 22.3. The van der Waals surface area contributed by atoms with Crippen LogP contribution in [0.25, 0.3) is 0 Å². The summed E-state index contributed by atoms with van der Waals surface area (Å²) in [6.07, 6.45) is 2.00. The first-order valence-electron chi connectivity index (χ1n) is 7.07. The number of benzene rings is 1. The number of nitrogens with one attached hydrogen (secondary N) is 2. The van der Waals surface area contributed by atoms with E-state index in [1.54, 1.807) is 12.1 Å². The van der Waals surface area contributed by atoms with Crippen LogP contribution in [0.2, 0.25) is 0 Å². The topological polar surface area (TPSA) is 87.7 Å². The van der Waals surface area contributed by atoms with Crippen molar-refractivity contribution < 1.29 is 19.4 Å². The summed E-state index contributed by atoms with van der Waals surface area (Å²) in [5, 5.41) is 14.3. The van der Waals surface area contributed by atoms with Crippen LogP contribution in [0.3, 0.4) is 0 Å². The number of carbonyl (C=O) groups excluding carboxylic acids is 1. The van der Waals surface area contributed by atoms with Crippen LogP contribution in [-0.4, -0.2) is 36.9 Å². The molecule has 0 radical (unpaired) electrons. The van der Waals surface area contributed by atoms with E-state index in [-0.39, 0.29) is 11.6 Å². The monoisotopic (exact) mass is 292 g/mol. The maximum Gasteiger partial charge on any atom is 0.335 e. The van der Waals surface area contributed by atoms with Crippen LogP contribution in [0.4, 0.5) is 4.79 Å². The largest absolute Gasteiger partial charge is 0.478 e. The lowest BCUT2D eigenvalue weighted by molar-refractivity contribution is 0.0697. The van der Waals surface area contributed by atoms with Gasteiger partial charge in [0.25, 0.3) is 0 Å². The minimum absolute atomic E-state index is 0.212. The molecule has 0 aromatic heterocycles. The van der Waals surface area contributed by atoms with E-state index in [0.29, 0.717) is 19.0 Å². The third kappa shape index (κ3) is 5.07. The van der Waals surface area contributed by atoms with Gasteiger partial charge in [0, 0.05) is 26.3 Å². The fourth-order valence-corrected chi connectivity index (χ4v) is 2.21. The van der Waals surface area contributed by atoms with E-state index in [1.807, 2.05) is 0 Å². The van der Waals surface area contributed by atoms with Crippen molar-refractivity contribution in [1.29, 1.82) is 0 Å². The number of ether oxygens (including phenoxy) is 1. The van der Waals surface area contributed by atoms with Gasteiger partial charge in [-0.3, -0.25) is 0 Å². The van der Waals surface area contributed by atoms with E-state index < -0.39 is 5.97 Å². The van der Waals surface area contributed by atoms with Crippen LogP contribution in [0.5, 0.6) is 0 Å². The molecule has 0 saturated carbocycles. The van der Waals surface area contributed by atoms with Crippen molar-refractivity contribution >= 4 is 12.0 Å². The second-order valence-electron chi connectivity index (χ2n) is 5.13. The first kappa shape index (κ1) is 15.3. The standard InChI is InChI=1S/C15H20N2O4/c18-14(19)13-3-1-11(2-4-13)9-17-15(20)16-7-5-12-6-8-21-10-12/h1-4,12H,5-10H2,(H,18,19)(H2,16,17,20). The Kier molecular flexibility index (Phi) is 5.57. The number of amides is 2. The number of aromatic carboxylic acids is 1. The third-order valence-corrected chi connectivity index (χ3v) is 3.52. The molecule has 3 N–H and O–H groups in total. The van der Waals surface area contributed by atoms with E-state index in [0.717, 1.165) is 31.6 Å². The Morgan fingerprint density at radius 2 is 2.00 bits per heavy atom. The van der Waals surface area contributed by atoms with Gasteiger partial charge < -0.3 is 20.5 Å². The molecule has 21 heavy (non-hydrogen) atoms. The Morgan fingerprint density at radius 1 is 1.24 bits per heavy atom. The number of hydrogen-bond acceptors (Lipinski definition) is 3. The van der Waals surface area contributed by atoms with Gasteiger partial charge in [-0.05, 0) is 36.5 Å². The summed E-state index contributed by atoms with van der Waals surface area (Å²) < 4.78 is 5.28. The van der Waals surface area contributed by atoms with Gasteiger partial charge in [-0.25, -0.2) is 9.59 Å². The average molecular weight is 292 g/mol. The zero-order valence-corrected chi connectivity index (χ0v) is 11.8. The molecule has 1 aliphatic rings. The number of carboxylic acids is 1. The lowest BCUT2D eigenvalue weighted by Gasteiger charge is -2.10. The minimum atomic E-state index is -0.955. The summed E-state index contributed by atoms with van der Waals surface area (Å²) in [5.41, 5.74) is 1.10. The molecule has 1 aliphatic heterocycles. The lowest BCUT2D eigenvalue weighted by Crippen LogP contribution is -2.36. The highest BCUT2D eigenvalue weighted by molar-refractivity contribution is 5.87. The summed E-state index contributed by atoms with van der Waals surface area (Å²) in [6, 6.07) is 6.23. The first-order valence-corrected chi connectivity index (χ1v) is 7.07. The second kappa shape index (κ2) is 7.64. The van der Waals surface area contributed by atoms with Crippen LogP contribution < -0.4 is 10.6 Å². The molecular weight excluding hydrogens is 272 g/mol. The van der Waals surface area contributed by atoms with Crippen LogP contribution in [0, 0.1) is 5.92 Å². The van der Waals surface area contributed by atoms with E-state index in [2.05, 4.69) is 10.6 Å². The van der Waals surface area contributed by atoms with Crippen LogP contribution in [0.1, 0.15) is 28.8 Å². The first-order chi connectivity index (χ1) is 10.1. The molecule has 0 spiro atoms. The number of carbonyl (C=O) groups is 2. The molecule has 6 heteroatoms. The average Bonchev–Trinajstić information content (AvgIpc) is 2.99. The predicted octanol–water partition coefficient (Wildman–Crippen LogP) is 1.61. The molecule has 1 unspecified atom stereocenters. The molecule has 2 amide bonds. The maximum atomic E-state index is 11.6. The van der Waals surface area contributed by atoms with Gasteiger partial charge in [0.05, 0.1) is 5.56 Å². The van der Waals surface area contributed by atoms with Gasteiger partial charge in [0.1, 0.15) is 0 Å². The Labute approximate surface area is 123 Å². The number of hydrogen-bond donors (Lipinski definition) is 3. The van der Waals surface area contributed by atoms with E-state index >= 15 is 0 Å². The maximum absolute atomic E-state index is 11.6. The molecule has 0 aliphatic carbocycles. The molecule has 1 atom stereocenters. The SMILES string of the molecule is O=C(NCCC1CCOC1)NCc1ccc(C(=O)O)cc1. The van der Waals surface area contributed by atoms with Crippen molar-refractivity contribution in [2.75, 3.05) is 19.8 Å². The molecule has 2 rings (SSSR count). The Bertz CT molecular complexity index is 481. The minimum Gasteiger partial charge on any atom is -0.478 e. The van der Waals surface area contributed by atoms with E-state index in [1.165, 1.54) is 12.1 Å². The third-order valence-electron chi connectivity index (χ3n) is 3.52. The summed E-state index contributed by atoms with van der Waals surface area (Å²) in [6.45, 7) is 2.62. The van der Waals surface area contributed by atoms with Crippen molar-refractivity contribution in [3.8, 4) is 0 Å². The second-order valence-corrected chi connectivity index (χ2v) is 5.13. The summed E-state index contributed by atoms with van der Waals surface area (Å²) in [7, 11) is 0. The van der Waals surface area contributed by atoms with Crippen molar-refractivity contribution in [3.63, 3.8) is 0 Å². The summed E-state index contributed by atoms with van der Waals surface area (Å²) in [5.74, 6) is -0.406. The Hall–Kier alpha value is -2.08. The predicted molar refractivity (Wildman–Crippen MR) is 77.2 cm³/mol. The highest BCUT2D eigenvalue weighted by Gasteiger charge is 2.15. The number of rotatable bonds is 6. The van der Waals surface area contributed by atoms with Crippen LogP contribution in [0.15, 0.2) is 24.3 Å². The molecule has 1 heterocycles. The van der Waals surface area contributed by atoms with Crippen molar-refractivity contribution in [2.24, 2.45) is 5.92 Å². The van der Waals surface area contributed by atoms with Gasteiger partial charge in [0.15, 0.2) is 0 Å². The molecule has 1 saturated heterocycles. The Morgan fingerprint density at radius 3 is 2.62 bits per heavy atom. The van der Waals surface area contributed by atoms with Gasteiger partial charge >= 0.3 is 12.0 Å². The quantitative estimate of drug-likeness (QED) is 0.743. The number of carboxylic acid groups (broad SMARTS) is 1. The smallest absolute Gasteiger partial charge is 0.335 e. The molecule has 0 bridgehead atoms. The lowest BCUT2D eigenvalue weighted by atomic mass is 10.1. The molecule has 1 fully saturated rings. The fraction of sp³-hybridized carbons (Fsp3) is 0.467. The fourth-order valence-electron chi connectivity index (χ4n) is 2.21. The molecule has 6 nitrogen and oxygen atoms in total. The molecule has 1 aromatic carbocycles. The zero-order valence-electron chi connectivity index (χ0n) is 11.8. The molecule has 1 aromatic rings. The van der Waals surface area contributed by atoms with Crippen molar-refractivity contribution in [2.45, 2.75) is 19.4 Å². The number of urea groups is 1. The van der Waals surface area contributed by atoms with Gasteiger partial charge in [0.2, 0.25) is 0 Å². The van der Waals surface area contributed by atoms with E-state index in [9.17, 15) is 9.59 Å². The normalized spacial score (nSPS) is 17.4. The highest BCUT2D eigenvalue weighted by Crippen LogP contribution is 2.15. The van der Waals surface area contributed by atoms with Gasteiger partial charge in [-0.2, -0.15) is 0 Å². The zero-order chi connectivity index (χ0) is 15.1. The van der Waals surface area contributed by atoms with Gasteiger partial charge in [-0.1, -0.05) is 12.1 Å². The van der Waals surface area contributed by atoms with Crippen molar-refractivity contribution in [3.05, 3.63) is 35.4 Å². The Balaban J connectivity index is 1.64. The van der Waals surface area contributed by atoms with Gasteiger partial charge in [-0.15, -0.1) is 0 Å². The van der Waals surface area contributed by atoms with E-state index in [4.69, 9.17) is 9.84 Å². The van der Waals surface area contributed by atoms with Crippen LogP contribution in [-0.2, 0) is 11.3 Å². The molecular formula is C15H20N2O4. The summed E-state index contributed by atoms with van der Waals surface area (Å²) >= 11 is 0.